The summed E-state index contributed by atoms with van der Waals surface area (Å²) in [5.74, 6) is -2.37. The second-order valence-electron chi connectivity index (χ2n) is 16.3. The van der Waals surface area contributed by atoms with E-state index in [-0.39, 0.29) is 58.9 Å². The molecule has 3 N–H and O–H groups in total. The number of nitrogens with zero attached hydrogens (tertiary/aromatic N) is 9. The molecule has 2 aromatic heterocycles. The van der Waals surface area contributed by atoms with Crippen LogP contribution in [0.4, 0.5) is 30.5 Å². The number of likely N-dealkylation sites (tertiary alicyclic amines) is 1. The molecule has 8 rings (SSSR count). The van der Waals surface area contributed by atoms with E-state index in [1.54, 1.807) is 23.1 Å². The number of hydrogen-bond acceptors (Lipinski definition) is 14. The Morgan fingerprint density at radius 3 is 2.39 bits per heavy atom. The predicted octanol–water partition coefficient (Wildman–Crippen LogP) is 3.42. The van der Waals surface area contributed by atoms with Crippen LogP contribution in [0.15, 0.2) is 72.0 Å². The number of carbonyl (C=O) groups is 3. The van der Waals surface area contributed by atoms with Crippen molar-refractivity contribution in [2.75, 3.05) is 81.0 Å². The average Bonchev–Trinajstić information content (AvgIpc) is 3.32. The fourth-order valence-corrected chi connectivity index (χ4v) is 9.12. The molecule has 350 valence electrons. The Morgan fingerprint density at radius 2 is 1.70 bits per heavy atom. The minimum atomic E-state index is -4.29. The van der Waals surface area contributed by atoms with Gasteiger partial charge in [-0.15, -0.1) is 0 Å². The first-order chi connectivity index (χ1) is 32.2. The molecule has 3 aromatic carbocycles. The van der Waals surface area contributed by atoms with E-state index in [9.17, 15) is 37.2 Å². The minimum Gasteiger partial charge on any atom is -0.453 e. The second kappa shape index (κ2) is 19.7. The molecule has 0 aliphatic carbocycles. The van der Waals surface area contributed by atoms with E-state index in [1.807, 2.05) is 4.90 Å². The standard InChI is InChI=1S/C44H45F3N12O7S/c1-55(15-12-45)67(64,65)54-37-7-5-34(46)41(33(37)22-48)66-30-3-6-36-32(21-30)43(63)59(26-51-36)29-23-49-44(50-24-29)58-18-16-57(17-19-58)40(61)25-56-13-10-27(11-14-56)31-4-2-28(20-35(31)47)52-38-8-9-39(60)53-42(38)62/h2-7,20-21,23-24,26-27,38,52,54H,8-19,25H2,1H3,(H,53,60,62)/t38-/m0/s1. The molecule has 5 aromatic rings. The number of rotatable bonds is 14. The number of piperazine rings is 1. The van der Waals surface area contributed by atoms with Gasteiger partial charge in [0.1, 0.15) is 42.2 Å². The smallest absolute Gasteiger partial charge is 0.301 e. The van der Waals surface area contributed by atoms with E-state index in [0.717, 1.165) is 19.2 Å². The Bertz CT molecular complexity index is 2920. The lowest BCUT2D eigenvalue weighted by atomic mass is 9.89. The Hall–Kier alpha value is -7.16. The quantitative estimate of drug-likeness (QED) is 0.136. The van der Waals surface area contributed by atoms with Crippen LogP contribution in [-0.4, -0.2) is 132 Å². The summed E-state index contributed by atoms with van der Waals surface area (Å²) in [6.07, 6.45) is 6.15. The summed E-state index contributed by atoms with van der Waals surface area (Å²) in [4.78, 5) is 69.8. The van der Waals surface area contributed by atoms with Gasteiger partial charge in [-0.3, -0.25) is 38.7 Å². The summed E-state index contributed by atoms with van der Waals surface area (Å²) in [7, 11) is -3.16. The fourth-order valence-electron chi connectivity index (χ4n) is 8.21. The molecule has 0 radical (unpaired) electrons. The lowest BCUT2D eigenvalue weighted by Crippen LogP contribution is -2.52. The van der Waals surface area contributed by atoms with Crippen molar-refractivity contribution >= 4 is 56.2 Å². The zero-order chi connectivity index (χ0) is 47.4. The largest absolute Gasteiger partial charge is 0.453 e. The maximum Gasteiger partial charge on any atom is 0.301 e. The number of alkyl halides is 1. The molecule has 0 spiro atoms. The number of anilines is 3. The van der Waals surface area contributed by atoms with Crippen molar-refractivity contribution in [3.8, 4) is 23.3 Å². The number of imide groups is 1. The zero-order valence-corrected chi connectivity index (χ0v) is 36.9. The Morgan fingerprint density at radius 1 is 0.955 bits per heavy atom. The number of piperidine rings is 2. The molecule has 0 saturated carbocycles. The zero-order valence-electron chi connectivity index (χ0n) is 36.1. The summed E-state index contributed by atoms with van der Waals surface area (Å²) in [5.41, 5.74) is 0.315. The van der Waals surface area contributed by atoms with Gasteiger partial charge in [0, 0.05) is 51.9 Å². The summed E-state index contributed by atoms with van der Waals surface area (Å²) < 4.78 is 78.2. The molecule has 19 nitrogen and oxygen atoms in total. The van der Waals surface area contributed by atoms with E-state index in [1.165, 1.54) is 47.6 Å². The Kier molecular flexibility index (Phi) is 13.7. The average molecular weight is 943 g/mol. The van der Waals surface area contributed by atoms with Gasteiger partial charge in [-0.25, -0.2) is 28.1 Å². The highest BCUT2D eigenvalue weighted by Crippen LogP contribution is 2.35. The fraction of sp³-hybridized carbons (Fsp3) is 0.364. The van der Waals surface area contributed by atoms with E-state index in [0.29, 0.717) is 85.7 Å². The SMILES string of the molecule is CN(CCF)S(=O)(=O)Nc1ccc(F)c(Oc2ccc3ncn(-c4cnc(N5CCN(C(=O)CN6CCC(c7ccc(N[C@H]8CCC(=O)NC8=O)cc7F)CC6)CC5)nc4)c(=O)c3c2)c1C#N. The molecule has 3 aliphatic heterocycles. The number of nitriles is 1. The van der Waals surface area contributed by atoms with Crippen molar-refractivity contribution in [1.29, 1.82) is 5.26 Å². The third-order valence-electron chi connectivity index (χ3n) is 12.0. The lowest BCUT2D eigenvalue weighted by molar-refractivity contribution is -0.134. The highest BCUT2D eigenvalue weighted by molar-refractivity contribution is 7.90. The predicted molar refractivity (Wildman–Crippen MR) is 239 cm³/mol. The van der Waals surface area contributed by atoms with Crippen LogP contribution in [0.5, 0.6) is 11.5 Å². The molecule has 0 bridgehead atoms. The van der Waals surface area contributed by atoms with E-state index in [4.69, 9.17) is 4.74 Å². The first kappa shape index (κ1) is 46.4. The Labute approximate surface area is 382 Å². The number of fused-ring (bicyclic) bond motifs is 1. The number of nitrogens with one attached hydrogen (secondary N) is 3. The molecule has 3 saturated heterocycles. The molecule has 5 heterocycles. The van der Waals surface area contributed by atoms with Crippen LogP contribution in [0.25, 0.3) is 16.6 Å². The van der Waals surface area contributed by atoms with Gasteiger partial charge in [-0.1, -0.05) is 6.07 Å². The molecular formula is C44H45F3N12O7S. The van der Waals surface area contributed by atoms with Crippen molar-refractivity contribution in [1.82, 2.24) is 38.9 Å². The van der Waals surface area contributed by atoms with Crippen LogP contribution >= 0.6 is 0 Å². The molecule has 0 unspecified atom stereocenters. The number of amides is 3. The highest BCUT2D eigenvalue weighted by Gasteiger charge is 2.30. The van der Waals surface area contributed by atoms with Gasteiger partial charge in [-0.2, -0.15) is 18.0 Å². The maximum atomic E-state index is 15.2. The number of benzene rings is 3. The van der Waals surface area contributed by atoms with Gasteiger partial charge < -0.3 is 19.9 Å². The van der Waals surface area contributed by atoms with Crippen LogP contribution in [0.3, 0.4) is 0 Å². The lowest BCUT2D eigenvalue weighted by Gasteiger charge is -2.37. The van der Waals surface area contributed by atoms with Gasteiger partial charge in [0.2, 0.25) is 23.7 Å². The van der Waals surface area contributed by atoms with Crippen molar-refractivity contribution in [2.45, 2.75) is 37.6 Å². The molecule has 3 aliphatic rings. The highest BCUT2D eigenvalue weighted by atomic mass is 32.2. The first-order valence-electron chi connectivity index (χ1n) is 21.4. The van der Waals surface area contributed by atoms with E-state index >= 15 is 8.78 Å². The third kappa shape index (κ3) is 10.3. The van der Waals surface area contributed by atoms with Crippen LogP contribution in [-0.2, 0) is 24.6 Å². The number of ether oxygens (including phenoxy) is 1. The molecule has 3 amide bonds. The van der Waals surface area contributed by atoms with Crippen molar-refractivity contribution in [2.24, 2.45) is 0 Å². The monoisotopic (exact) mass is 942 g/mol. The molecule has 67 heavy (non-hydrogen) atoms. The van der Waals surface area contributed by atoms with Crippen molar-refractivity contribution in [3.05, 3.63) is 100 Å². The van der Waals surface area contributed by atoms with E-state index in [2.05, 4.69) is 35.2 Å². The van der Waals surface area contributed by atoms with Crippen molar-refractivity contribution in [3.63, 3.8) is 0 Å². The second-order valence-corrected chi connectivity index (χ2v) is 18.1. The normalized spacial score (nSPS) is 17.3. The van der Waals surface area contributed by atoms with Crippen molar-refractivity contribution < 1.29 is 40.7 Å². The summed E-state index contributed by atoms with van der Waals surface area (Å²) >= 11 is 0. The summed E-state index contributed by atoms with van der Waals surface area (Å²) in [6.45, 7) is 1.94. The summed E-state index contributed by atoms with van der Waals surface area (Å²) in [5, 5.41) is 15.2. The topological polar surface area (TPSA) is 228 Å². The minimum absolute atomic E-state index is 0.00707. The van der Waals surface area contributed by atoms with Gasteiger partial charge in [0.15, 0.2) is 11.6 Å². The van der Waals surface area contributed by atoms with Crippen LogP contribution < -0.4 is 30.6 Å². The van der Waals surface area contributed by atoms with Crippen LogP contribution in [0, 0.1) is 23.0 Å². The number of carbonyl (C=O) groups excluding carboxylic acids is 3. The van der Waals surface area contributed by atoms with Gasteiger partial charge >= 0.3 is 10.2 Å². The van der Waals surface area contributed by atoms with Gasteiger partial charge in [-0.05, 0) is 86.3 Å². The van der Waals surface area contributed by atoms with E-state index < -0.39 is 58.1 Å². The van der Waals surface area contributed by atoms with Gasteiger partial charge in [0.25, 0.3) is 5.56 Å². The first-order valence-corrected chi connectivity index (χ1v) is 22.8. The Balaban J connectivity index is 0.846. The molecular weight excluding hydrogens is 898 g/mol. The molecule has 3 fully saturated rings. The van der Waals surface area contributed by atoms with Crippen LogP contribution in [0.1, 0.15) is 42.7 Å². The molecule has 1 atom stereocenters. The van der Waals surface area contributed by atoms with Gasteiger partial charge in [0.05, 0.1) is 41.2 Å². The number of hydrogen-bond donors (Lipinski definition) is 3. The summed E-state index contributed by atoms with van der Waals surface area (Å²) in [6, 6.07) is 12.1. The number of halogens is 3. The molecule has 23 heteroatoms. The third-order valence-corrected chi connectivity index (χ3v) is 13.5. The number of aromatic nitrogens is 4. The van der Waals surface area contributed by atoms with Crippen LogP contribution in [0.2, 0.25) is 0 Å². The maximum absolute atomic E-state index is 15.2.